The normalized spacial score (nSPS) is 23.3. The van der Waals surface area contributed by atoms with Gasteiger partial charge in [0.1, 0.15) is 0 Å². The van der Waals surface area contributed by atoms with E-state index in [4.69, 9.17) is 9.47 Å². The standard InChI is InChI=1S/C17H33NO3/c1-6-20-15(21-7-2)12-18-16(19)13-8-10-14(11-9-13)17(3,4)5/h13-15H,6-12H2,1-5H3,(H,18,19). The monoisotopic (exact) mass is 299 g/mol. The summed E-state index contributed by atoms with van der Waals surface area (Å²) in [6, 6.07) is 0. The van der Waals surface area contributed by atoms with Gasteiger partial charge in [-0.05, 0) is 50.9 Å². The highest BCUT2D eigenvalue weighted by atomic mass is 16.7. The maximum Gasteiger partial charge on any atom is 0.223 e. The highest BCUT2D eigenvalue weighted by Crippen LogP contribution is 2.39. The first-order valence-corrected chi connectivity index (χ1v) is 8.39. The number of hydrogen-bond donors (Lipinski definition) is 1. The van der Waals surface area contributed by atoms with Crippen LogP contribution in [0.3, 0.4) is 0 Å². The largest absolute Gasteiger partial charge is 0.351 e. The zero-order valence-electron chi connectivity index (χ0n) is 14.4. The van der Waals surface area contributed by atoms with Gasteiger partial charge in [0, 0.05) is 19.1 Å². The fourth-order valence-corrected chi connectivity index (χ4v) is 3.09. The molecular weight excluding hydrogens is 266 g/mol. The molecule has 0 unspecified atom stereocenters. The van der Waals surface area contributed by atoms with Crippen molar-refractivity contribution in [3.05, 3.63) is 0 Å². The third kappa shape index (κ3) is 6.35. The van der Waals surface area contributed by atoms with Crippen LogP contribution in [-0.2, 0) is 14.3 Å². The van der Waals surface area contributed by atoms with Crippen LogP contribution in [0, 0.1) is 17.3 Å². The summed E-state index contributed by atoms with van der Waals surface area (Å²) < 4.78 is 10.9. The van der Waals surface area contributed by atoms with Crippen molar-refractivity contribution in [2.45, 2.75) is 66.6 Å². The number of hydrogen-bond acceptors (Lipinski definition) is 3. The quantitative estimate of drug-likeness (QED) is 0.733. The molecule has 1 rings (SSSR count). The Morgan fingerprint density at radius 2 is 1.62 bits per heavy atom. The summed E-state index contributed by atoms with van der Waals surface area (Å²) in [6.45, 7) is 12.4. The van der Waals surface area contributed by atoms with Crippen molar-refractivity contribution in [1.29, 1.82) is 0 Å². The first-order valence-electron chi connectivity index (χ1n) is 8.39. The highest BCUT2D eigenvalue weighted by Gasteiger charge is 2.32. The smallest absolute Gasteiger partial charge is 0.223 e. The van der Waals surface area contributed by atoms with Gasteiger partial charge in [0.05, 0.1) is 6.54 Å². The lowest BCUT2D eigenvalue weighted by Crippen LogP contribution is -2.40. The maximum atomic E-state index is 12.2. The van der Waals surface area contributed by atoms with E-state index >= 15 is 0 Å². The predicted octanol–water partition coefficient (Wildman–Crippen LogP) is 3.35. The average Bonchev–Trinajstić information content (AvgIpc) is 2.44. The van der Waals surface area contributed by atoms with Gasteiger partial charge in [0.2, 0.25) is 5.91 Å². The number of carbonyl (C=O) groups is 1. The predicted molar refractivity (Wildman–Crippen MR) is 85.0 cm³/mol. The van der Waals surface area contributed by atoms with E-state index in [9.17, 15) is 4.79 Å². The Morgan fingerprint density at radius 1 is 1.10 bits per heavy atom. The summed E-state index contributed by atoms with van der Waals surface area (Å²) in [6.07, 6.45) is 3.99. The average molecular weight is 299 g/mol. The SMILES string of the molecule is CCOC(CNC(=O)C1CCC(C(C)(C)C)CC1)OCC. The van der Waals surface area contributed by atoms with Crippen molar-refractivity contribution in [3.8, 4) is 0 Å². The van der Waals surface area contributed by atoms with Crippen LogP contribution in [-0.4, -0.2) is 32.0 Å². The summed E-state index contributed by atoms with van der Waals surface area (Å²) in [7, 11) is 0. The Morgan fingerprint density at radius 3 is 2.05 bits per heavy atom. The minimum absolute atomic E-state index is 0.159. The minimum Gasteiger partial charge on any atom is -0.351 e. The van der Waals surface area contributed by atoms with E-state index < -0.39 is 0 Å². The molecule has 0 spiro atoms. The Bertz CT molecular complexity index is 298. The van der Waals surface area contributed by atoms with Gasteiger partial charge >= 0.3 is 0 Å². The van der Waals surface area contributed by atoms with Crippen LogP contribution in [0.1, 0.15) is 60.3 Å². The van der Waals surface area contributed by atoms with Gasteiger partial charge < -0.3 is 14.8 Å². The number of rotatable bonds is 7. The number of carbonyl (C=O) groups excluding carboxylic acids is 1. The lowest BCUT2D eigenvalue weighted by atomic mass is 9.70. The first-order chi connectivity index (χ1) is 9.88. The van der Waals surface area contributed by atoms with Crippen LogP contribution in [0.4, 0.5) is 0 Å². The van der Waals surface area contributed by atoms with E-state index in [1.165, 1.54) is 0 Å². The molecule has 1 fully saturated rings. The maximum absolute atomic E-state index is 12.2. The third-order valence-electron chi connectivity index (χ3n) is 4.47. The molecule has 0 aromatic carbocycles. The van der Waals surface area contributed by atoms with Crippen molar-refractivity contribution in [3.63, 3.8) is 0 Å². The van der Waals surface area contributed by atoms with E-state index in [1.54, 1.807) is 0 Å². The molecule has 1 N–H and O–H groups in total. The Balaban J connectivity index is 2.33. The second-order valence-electron chi connectivity index (χ2n) is 7.00. The molecule has 0 aliphatic heterocycles. The summed E-state index contributed by atoms with van der Waals surface area (Å²) in [5.74, 6) is 1.06. The molecule has 1 amide bonds. The molecule has 0 aromatic rings. The van der Waals surface area contributed by atoms with Crippen molar-refractivity contribution in [2.75, 3.05) is 19.8 Å². The van der Waals surface area contributed by atoms with Crippen molar-refractivity contribution >= 4 is 5.91 Å². The molecule has 21 heavy (non-hydrogen) atoms. The molecular formula is C17H33NO3. The molecule has 0 bridgehead atoms. The Hall–Kier alpha value is -0.610. The second-order valence-corrected chi connectivity index (χ2v) is 7.00. The van der Waals surface area contributed by atoms with Gasteiger partial charge in [-0.15, -0.1) is 0 Å². The molecule has 1 aliphatic rings. The van der Waals surface area contributed by atoms with Crippen LogP contribution >= 0.6 is 0 Å². The molecule has 1 aliphatic carbocycles. The molecule has 1 saturated carbocycles. The van der Waals surface area contributed by atoms with Gasteiger partial charge in [0.15, 0.2) is 6.29 Å². The molecule has 0 radical (unpaired) electrons. The summed E-state index contributed by atoms with van der Waals surface area (Å²) >= 11 is 0. The van der Waals surface area contributed by atoms with Crippen LogP contribution in [0.25, 0.3) is 0 Å². The zero-order valence-corrected chi connectivity index (χ0v) is 14.4. The lowest BCUT2D eigenvalue weighted by Gasteiger charge is -2.36. The number of amides is 1. The first kappa shape index (κ1) is 18.4. The van der Waals surface area contributed by atoms with Crippen molar-refractivity contribution in [2.24, 2.45) is 17.3 Å². The molecule has 0 heterocycles. The van der Waals surface area contributed by atoms with Crippen molar-refractivity contribution in [1.82, 2.24) is 5.32 Å². The summed E-state index contributed by atoms with van der Waals surface area (Å²) in [5, 5.41) is 2.99. The third-order valence-corrected chi connectivity index (χ3v) is 4.47. The van der Waals surface area contributed by atoms with Gasteiger partial charge in [-0.3, -0.25) is 4.79 Å². The zero-order chi connectivity index (χ0) is 15.9. The van der Waals surface area contributed by atoms with Gasteiger partial charge in [0.25, 0.3) is 0 Å². The van der Waals surface area contributed by atoms with E-state index in [1.807, 2.05) is 13.8 Å². The summed E-state index contributed by atoms with van der Waals surface area (Å²) in [5.41, 5.74) is 0.358. The van der Waals surface area contributed by atoms with Crippen LogP contribution in [0.5, 0.6) is 0 Å². The fraction of sp³-hybridized carbons (Fsp3) is 0.941. The molecule has 4 nitrogen and oxygen atoms in total. The van der Waals surface area contributed by atoms with Crippen LogP contribution in [0.2, 0.25) is 0 Å². The van der Waals surface area contributed by atoms with Gasteiger partial charge in [-0.1, -0.05) is 20.8 Å². The minimum atomic E-state index is -0.324. The Labute approximate surface area is 130 Å². The second kappa shape index (κ2) is 8.74. The molecule has 124 valence electrons. The fourth-order valence-electron chi connectivity index (χ4n) is 3.09. The van der Waals surface area contributed by atoms with E-state index in [0.717, 1.165) is 31.6 Å². The van der Waals surface area contributed by atoms with E-state index in [0.29, 0.717) is 25.2 Å². The van der Waals surface area contributed by atoms with E-state index in [2.05, 4.69) is 26.1 Å². The van der Waals surface area contributed by atoms with E-state index in [-0.39, 0.29) is 18.1 Å². The number of nitrogens with one attached hydrogen (secondary N) is 1. The highest BCUT2D eigenvalue weighted by molar-refractivity contribution is 5.78. The molecule has 0 atom stereocenters. The topological polar surface area (TPSA) is 47.6 Å². The molecule has 0 aromatic heterocycles. The van der Waals surface area contributed by atoms with Gasteiger partial charge in [-0.25, -0.2) is 0 Å². The number of ether oxygens (including phenoxy) is 2. The van der Waals surface area contributed by atoms with Crippen LogP contribution in [0.15, 0.2) is 0 Å². The molecule has 0 saturated heterocycles. The Kier molecular flexibility index (Phi) is 7.67. The van der Waals surface area contributed by atoms with Crippen molar-refractivity contribution < 1.29 is 14.3 Å². The lowest BCUT2D eigenvalue weighted by molar-refractivity contribution is -0.142. The van der Waals surface area contributed by atoms with Gasteiger partial charge in [-0.2, -0.15) is 0 Å². The van der Waals surface area contributed by atoms with Crippen LogP contribution < -0.4 is 5.32 Å². The summed E-state index contributed by atoms with van der Waals surface area (Å²) in [4.78, 5) is 12.2. The molecule has 4 heteroatoms.